The second-order valence-electron chi connectivity index (χ2n) is 5.53. The molecule has 5 nitrogen and oxygen atoms in total. The van der Waals surface area contributed by atoms with Crippen molar-refractivity contribution in [2.75, 3.05) is 6.54 Å². The van der Waals surface area contributed by atoms with Gasteiger partial charge in [0.1, 0.15) is 0 Å². The summed E-state index contributed by atoms with van der Waals surface area (Å²) < 4.78 is 0. The van der Waals surface area contributed by atoms with Crippen LogP contribution in [0.5, 0.6) is 0 Å². The van der Waals surface area contributed by atoms with Crippen molar-refractivity contribution in [1.29, 1.82) is 0 Å². The first-order valence-electron chi connectivity index (χ1n) is 6.23. The fourth-order valence-corrected chi connectivity index (χ4v) is 2.10. The summed E-state index contributed by atoms with van der Waals surface area (Å²) in [6.45, 7) is 7.30. The zero-order valence-corrected chi connectivity index (χ0v) is 11.1. The summed E-state index contributed by atoms with van der Waals surface area (Å²) in [5, 5.41) is 14.3. The smallest absolute Gasteiger partial charge is 0.278 e. The zero-order chi connectivity index (χ0) is 13.3. The third-order valence-corrected chi connectivity index (χ3v) is 3.71. The van der Waals surface area contributed by atoms with Crippen LogP contribution in [0, 0.1) is 29.4 Å². The van der Waals surface area contributed by atoms with Gasteiger partial charge in [0.05, 0.1) is 10.6 Å². The maximum atomic E-state index is 11.0. The Morgan fingerprint density at radius 1 is 1.50 bits per heavy atom. The number of nitrogens with zero attached hydrogens (tertiary/aromatic N) is 2. The molecule has 1 N–H and O–H groups in total. The highest BCUT2D eigenvalue weighted by molar-refractivity contribution is 5.47. The average Bonchev–Trinajstić information content (AvgIpc) is 3.00. The van der Waals surface area contributed by atoms with Gasteiger partial charge in [-0.15, -0.1) is 0 Å². The van der Waals surface area contributed by atoms with Crippen molar-refractivity contribution in [3.63, 3.8) is 0 Å². The van der Waals surface area contributed by atoms with Crippen LogP contribution >= 0.6 is 0 Å². The molecule has 5 heteroatoms. The molecule has 1 fully saturated rings. The Hall–Kier alpha value is -1.49. The monoisotopic (exact) mass is 249 g/mol. The van der Waals surface area contributed by atoms with Crippen molar-refractivity contribution in [1.82, 2.24) is 10.3 Å². The second kappa shape index (κ2) is 4.65. The van der Waals surface area contributed by atoms with Gasteiger partial charge in [0.15, 0.2) is 0 Å². The molecule has 1 aromatic rings. The molecule has 0 unspecified atom stereocenters. The van der Waals surface area contributed by atoms with Gasteiger partial charge in [-0.05, 0) is 32.1 Å². The molecule has 98 valence electrons. The van der Waals surface area contributed by atoms with Crippen LogP contribution in [0.2, 0.25) is 0 Å². The molecule has 0 atom stereocenters. The minimum absolute atomic E-state index is 0.194. The number of nitrogens with one attached hydrogen (secondary N) is 1. The lowest BCUT2D eigenvalue weighted by molar-refractivity contribution is -0.386. The summed E-state index contributed by atoms with van der Waals surface area (Å²) in [6, 6.07) is 0. The van der Waals surface area contributed by atoms with Crippen LogP contribution in [0.1, 0.15) is 36.6 Å². The quantitative estimate of drug-likeness (QED) is 0.643. The highest BCUT2D eigenvalue weighted by atomic mass is 16.6. The van der Waals surface area contributed by atoms with E-state index in [1.165, 1.54) is 12.8 Å². The minimum Gasteiger partial charge on any atom is -0.311 e. The maximum absolute atomic E-state index is 11.0. The number of hydrogen-bond donors (Lipinski definition) is 1. The topological polar surface area (TPSA) is 68.1 Å². The van der Waals surface area contributed by atoms with Crippen LogP contribution in [0.25, 0.3) is 0 Å². The molecule has 0 aromatic carbocycles. The molecule has 0 spiro atoms. The Morgan fingerprint density at radius 2 is 2.17 bits per heavy atom. The Morgan fingerprint density at radius 3 is 2.72 bits per heavy atom. The number of pyridine rings is 1. The van der Waals surface area contributed by atoms with Crippen molar-refractivity contribution >= 4 is 5.69 Å². The van der Waals surface area contributed by atoms with Crippen LogP contribution in [0.15, 0.2) is 6.20 Å². The summed E-state index contributed by atoms with van der Waals surface area (Å²) in [6.07, 6.45) is 4.11. The van der Waals surface area contributed by atoms with Crippen molar-refractivity contribution in [3.05, 3.63) is 33.1 Å². The van der Waals surface area contributed by atoms with Gasteiger partial charge < -0.3 is 5.32 Å². The third-order valence-electron chi connectivity index (χ3n) is 3.71. The number of aromatic nitrogens is 1. The molecule has 1 aromatic heterocycles. The lowest BCUT2D eigenvalue weighted by Crippen LogP contribution is -2.22. The molecule has 1 aliphatic rings. The number of rotatable bonds is 5. The van der Waals surface area contributed by atoms with Crippen molar-refractivity contribution in [2.24, 2.45) is 5.41 Å². The lowest BCUT2D eigenvalue weighted by atomic mass is 10.1. The molecular weight excluding hydrogens is 230 g/mol. The summed E-state index contributed by atoms with van der Waals surface area (Å²) in [5.41, 5.74) is 2.70. The van der Waals surface area contributed by atoms with Gasteiger partial charge in [-0.25, -0.2) is 0 Å². The Labute approximate surface area is 107 Å². The van der Waals surface area contributed by atoms with Crippen LogP contribution in [0.4, 0.5) is 5.69 Å². The van der Waals surface area contributed by atoms with E-state index >= 15 is 0 Å². The molecule has 2 rings (SSSR count). The van der Waals surface area contributed by atoms with E-state index in [1.807, 2.05) is 0 Å². The van der Waals surface area contributed by atoms with Gasteiger partial charge >= 0.3 is 0 Å². The average molecular weight is 249 g/mol. The fourth-order valence-electron chi connectivity index (χ4n) is 2.10. The largest absolute Gasteiger partial charge is 0.311 e. The fraction of sp³-hybridized carbons (Fsp3) is 0.615. The summed E-state index contributed by atoms with van der Waals surface area (Å²) in [5.74, 6) is 0. The third kappa shape index (κ3) is 2.67. The molecular formula is C13H19N3O2. The normalized spacial score (nSPS) is 16.6. The van der Waals surface area contributed by atoms with E-state index in [2.05, 4.69) is 17.2 Å². The predicted molar refractivity (Wildman–Crippen MR) is 69.4 cm³/mol. The van der Waals surface area contributed by atoms with E-state index < -0.39 is 0 Å². The van der Waals surface area contributed by atoms with Crippen molar-refractivity contribution in [2.45, 2.75) is 40.2 Å². The molecule has 1 aliphatic carbocycles. The number of aryl methyl sites for hydroxylation is 1. The minimum atomic E-state index is -0.321. The summed E-state index contributed by atoms with van der Waals surface area (Å²) in [7, 11) is 0. The number of nitro groups is 1. The van der Waals surface area contributed by atoms with E-state index in [0.29, 0.717) is 23.1 Å². The Balaban J connectivity index is 2.08. The standard InChI is InChI=1S/C13H19N3O2/c1-9-6-15-11(10(2)12(9)16(17)18)7-14-8-13(3)4-5-13/h6,14H,4-5,7-8H2,1-3H3. The van der Waals surface area contributed by atoms with Crippen LogP contribution in [-0.4, -0.2) is 16.5 Å². The Kier molecular flexibility index (Phi) is 3.34. The molecule has 0 bridgehead atoms. The van der Waals surface area contributed by atoms with E-state index in [4.69, 9.17) is 0 Å². The highest BCUT2D eigenvalue weighted by Crippen LogP contribution is 2.44. The van der Waals surface area contributed by atoms with Gasteiger partial charge in [-0.2, -0.15) is 0 Å². The van der Waals surface area contributed by atoms with E-state index in [1.54, 1.807) is 20.0 Å². The van der Waals surface area contributed by atoms with Gasteiger partial charge in [0.25, 0.3) is 5.69 Å². The lowest BCUT2D eigenvalue weighted by Gasteiger charge is -2.11. The zero-order valence-electron chi connectivity index (χ0n) is 11.1. The van der Waals surface area contributed by atoms with Gasteiger partial charge in [-0.3, -0.25) is 15.1 Å². The van der Waals surface area contributed by atoms with Crippen LogP contribution in [-0.2, 0) is 6.54 Å². The number of hydrogen-bond acceptors (Lipinski definition) is 4. The van der Waals surface area contributed by atoms with Crippen molar-refractivity contribution < 1.29 is 4.92 Å². The Bertz CT molecular complexity index is 481. The highest BCUT2D eigenvalue weighted by Gasteiger charge is 2.36. The summed E-state index contributed by atoms with van der Waals surface area (Å²) in [4.78, 5) is 15.0. The van der Waals surface area contributed by atoms with E-state index in [9.17, 15) is 10.1 Å². The van der Waals surface area contributed by atoms with E-state index in [0.717, 1.165) is 12.2 Å². The first-order chi connectivity index (χ1) is 8.43. The molecule has 1 heterocycles. The first kappa shape index (κ1) is 13.0. The van der Waals surface area contributed by atoms with Crippen molar-refractivity contribution in [3.8, 4) is 0 Å². The van der Waals surface area contributed by atoms with Crippen LogP contribution < -0.4 is 5.32 Å². The summed E-state index contributed by atoms with van der Waals surface area (Å²) >= 11 is 0. The maximum Gasteiger partial charge on any atom is 0.278 e. The molecule has 0 saturated heterocycles. The SMILES string of the molecule is Cc1cnc(CNCC2(C)CC2)c(C)c1[N+](=O)[O-]. The van der Waals surface area contributed by atoms with Gasteiger partial charge in [0.2, 0.25) is 0 Å². The molecule has 0 amide bonds. The molecule has 0 aliphatic heterocycles. The van der Waals surface area contributed by atoms with E-state index in [-0.39, 0.29) is 10.6 Å². The second-order valence-corrected chi connectivity index (χ2v) is 5.53. The first-order valence-corrected chi connectivity index (χ1v) is 6.23. The van der Waals surface area contributed by atoms with Gasteiger partial charge in [-0.1, -0.05) is 6.92 Å². The van der Waals surface area contributed by atoms with Crippen LogP contribution in [0.3, 0.4) is 0 Å². The predicted octanol–water partition coefficient (Wildman–Crippen LogP) is 2.50. The molecule has 0 radical (unpaired) electrons. The molecule has 1 saturated carbocycles. The van der Waals surface area contributed by atoms with Gasteiger partial charge in [0, 0.05) is 30.4 Å². The molecule has 18 heavy (non-hydrogen) atoms.